The van der Waals surface area contributed by atoms with Crippen molar-refractivity contribution in [3.05, 3.63) is 71.3 Å². The largest absolute Gasteiger partial charge is 0.435 e. The van der Waals surface area contributed by atoms with Gasteiger partial charge < -0.3 is 4.74 Å². The normalized spacial score (nSPS) is 20.7. The SMILES string of the molecule is O=C1OC2(C(=O)c3ccccc3C2=O)C(C(=O)c2ccccc2)C1=O. The second kappa shape index (κ2) is 5.04. The molecule has 122 valence electrons. The van der Waals surface area contributed by atoms with Crippen LogP contribution in [-0.2, 0) is 14.3 Å². The number of carbonyl (C=O) groups is 5. The Hall–Kier alpha value is -3.41. The van der Waals surface area contributed by atoms with Gasteiger partial charge in [-0.15, -0.1) is 0 Å². The van der Waals surface area contributed by atoms with Gasteiger partial charge in [-0.2, -0.15) is 0 Å². The van der Waals surface area contributed by atoms with Crippen LogP contribution in [0.2, 0.25) is 0 Å². The molecule has 0 aromatic heterocycles. The highest BCUT2D eigenvalue weighted by Gasteiger charge is 2.70. The highest BCUT2D eigenvalue weighted by Crippen LogP contribution is 2.43. The molecule has 1 aliphatic carbocycles. The van der Waals surface area contributed by atoms with Gasteiger partial charge in [-0.3, -0.25) is 19.2 Å². The Morgan fingerprint density at radius 1 is 0.800 bits per heavy atom. The number of ether oxygens (including phenoxy) is 1. The Labute approximate surface area is 141 Å². The van der Waals surface area contributed by atoms with Gasteiger partial charge in [-0.25, -0.2) is 4.79 Å². The number of Topliss-reactive ketones (excluding diaryl/α,β-unsaturated/α-hetero) is 4. The van der Waals surface area contributed by atoms with E-state index in [0.717, 1.165) is 0 Å². The summed E-state index contributed by atoms with van der Waals surface area (Å²) in [7, 11) is 0. The summed E-state index contributed by atoms with van der Waals surface area (Å²) >= 11 is 0. The molecule has 1 atom stereocenters. The van der Waals surface area contributed by atoms with E-state index in [-0.39, 0.29) is 16.7 Å². The average Bonchev–Trinajstić information content (AvgIpc) is 3.03. The molecule has 25 heavy (non-hydrogen) atoms. The second-order valence-corrected chi connectivity index (χ2v) is 5.86. The third-order valence-corrected chi connectivity index (χ3v) is 4.54. The fraction of sp³-hybridized carbons (Fsp3) is 0.105. The molecular weight excluding hydrogens is 324 g/mol. The molecule has 6 nitrogen and oxygen atoms in total. The van der Waals surface area contributed by atoms with Gasteiger partial charge in [0.25, 0.3) is 11.4 Å². The lowest BCUT2D eigenvalue weighted by atomic mass is 9.78. The molecule has 1 heterocycles. The molecule has 0 radical (unpaired) electrons. The van der Waals surface area contributed by atoms with E-state index in [4.69, 9.17) is 4.74 Å². The average molecular weight is 334 g/mol. The van der Waals surface area contributed by atoms with Gasteiger partial charge in [0.15, 0.2) is 5.78 Å². The summed E-state index contributed by atoms with van der Waals surface area (Å²) in [6, 6.07) is 13.6. The number of hydrogen-bond donors (Lipinski definition) is 0. The zero-order valence-electron chi connectivity index (χ0n) is 12.7. The zero-order chi connectivity index (χ0) is 17.8. The third kappa shape index (κ3) is 1.82. The molecule has 1 spiro atoms. The van der Waals surface area contributed by atoms with E-state index < -0.39 is 40.6 Å². The van der Waals surface area contributed by atoms with Crippen molar-refractivity contribution >= 4 is 29.1 Å². The molecule has 0 N–H and O–H groups in total. The minimum Gasteiger partial charge on any atom is -0.435 e. The van der Waals surface area contributed by atoms with E-state index in [1.54, 1.807) is 30.3 Å². The van der Waals surface area contributed by atoms with E-state index >= 15 is 0 Å². The number of esters is 1. The van der Waals surface area contributed by atoms with Crippen LogP contribution in [-0.4, -0.2) is 34.7 Å². The molecule has 0 bridgehead atoms. The minimum atomic E-state index is -2.43. The summed E-state index contributed by atoms with van der Waals surface area (Å²) in [4.78, 5) is 62.8. The topological polar surface area (TPSA) is 94.6 Å². The molecule has 2 aromatic carbocycles. The van der Waals surface area contributed by atoms with Gasteiger partial charge in [-0.05, 0) is 0 Å². The molecule has 2 aromatic rings. The van der Waals surface area contributed by atoms with Crippen molar-refractivity contribution in [3.8, 4) is 0 Å². The summed E-state index contributed by atoms with van der Waals surface area (Å²) in [6.45, 7) is 0. The molecular formula is C19H10O6. The maximum Gasteiger partial charge on any atom is 0.377 e. The van der Waals surface area contributed by atoms with Crippen LogP contribution < -0.4 is 0 Å². The molecule has 1 unspecified atom stereocenters. The van der Waals surface area contributed by atoms with Gasteiger partial charge in [0, 0.05) is 16.7 Å². The first kappa shape index (κ1) is 15.1. The number of hydrogen-bond acceptors (Lipinski definition) is 6. The van der Waals surface area contributed by atoms with Crippen LogP contribution in [0.1, 0.15) is 31.1 Å². The molecule has 2 aliphatic rings. The predicted octanol–water partition coefficient (Wildman–Crippen LogP) is 1.43. The van der Waals surface area contributed by atoms with E-state index in [2.05, 4.69) is 0 Å². The van der Waals surface area contributed by atoms with E-state index in [1.807, 2.05) is 0 Å². The van der Waals surface area contributed by atoms with Crippen molar-refractivity contribution in [3.63, 3.8) is 0 Å². The number of carbonyl (C=O) groups excluding carboxylic acids is 5. The van der Waals surface area contributed by atoms with Crippen molar-refractivity contribution in [2.24, 2.45) is 5.92 Å². The van der Waals surface area contributed by atoms with Crippen LogP contribution in [0.15, 0.2) is 54.6 Å². The lowest BCUT2D eigenvalue weighted by Gasteiger charge is -2.23. The molecule has 1 fully saturated rings. The molecule has 0 amide bonds. The monoisotopic (exact) mass is 334 g/mol. The summed E-state index contributed by atoms with van der Waals surface area (Å²) in [5.41, 5.74) is -2.22. The highest BCUT2D eigenvalue weighted by atomic mass is 16.6. The molecule has 0 saturated carbocycles. The highest BCUT2D eigenvalue weighted by molar-refractivity contribution is 6.49. The predicted molar refractivity (Wildman–Crippen MR) is 83.2 cm³/mol. The maximum atomic E-state index is 12.9. The quantitative estimate of drug-likeness (QED) is 0.357. The zero-order valence-corrected chi connectivity index (χ0v) is 12.7. The maximum absolute atomic E-state index is 12.9. The molecule has 4 rings (SSSR count). The summed E-state index contributed by atoms with van der Waals surface area (Å²) in [5, 5.41) is 0. The Morgan fingerprint density at radius 3 is 1.88 bits per heavy atom. The molecule has 6 heteroatoms. The van der Waals surface area contributed by atoms with E-state index in [1.165, 1.54) is 24.3 Å². The van der Waals surface area contributed by atoms with Crippen molar-refractivity contribution in [2.75, 3.05) is 0 Å². The van der Waals surface area contributed by atoms with Crippen LogP contribution in [0, 0.1) is 5.92 Å². The van der Waals surface area contributed by atoms with Crippen molar-refractivity contribution in [1.82, 2.24) is 0 Å². The molecule has 1 saturated heterocycles. The van der Waals surface area contributed by atoms with Gasteiger partial charge in [-0.1, -0.05) is 54.6 Å². The second-order valence-electron chi connectivity index (χ2n) is 5.86. The fourth-order valence-corrected chi connectivity index (χ4v) is 3.37. The van der Waals surface area contributed by atoms with Crippen molar-refractivity contribution in [1.29, 1.82) is 0 Å². The standard InChI is InChI=1S/C19H10O6/c20-14(10-6-2-1-3-7-10)13-15(21)18(24)25-19(13)16(22)11-8-4-5-9-12(11)17(19)23/h1-9,13H. The van der Waals surface area contributed by atoms with Gasteiger partial charge >= 0.3 is 5.97 Å². The number of rotatable bonds is 2. The van der Waals surface area contributed by atoms with Crippen LogP contribution in [0.5, 0.6) is 0 Å². The Morgan fingerprint density at radius 2 is 1.32 bits per heavy atom. The fourth-order valence-electron chi connectivity index (χ4n) is 3.37. The van der Waals surface area contributed by atoms with E-state index in [0.29, 0.717) is 0 Å². The van der Waals surface area contributed by atoms with Crippen molar-refractivity contribution in [2.45, 2.75) is 5.60 Å². The number of fused-ring (bicyclic) bond motifs is 1. The first-order chi connectivity index (χ1) is 12.0. The van der Waals surface area contributed by atoms with E-state index in [9.17, 15) is 24.0 Å². The summed E-state index contributed by atoms with van der Waals surface area (Å²) < 4.78 is 4.98. The van der Waals surface area contributed by atoms with Crippen LogP contribution in [0.3, 0.4) is 0 Å². The first-order valence-corrected chi connectivity index (χ1v) is 7.53. The molecule has 1 aliphatic heterocycles. The number of benzene rings is 2. The first-order valence-electron chi connectivity index (χ1n) is 7.53. The van der Waals surface area contributed by atoms with Crippen LogP contribution in [0.25, 0.3) is 0 Å². The van der Waals surface area contributed by atoms with Crippen LogP contribution in [0.4, 0.5) is 0 Å². The van der Waals surface area contributed by atoms with Gasteiger partial charge in [0.1, 0.15) is 5.92 Å². The Kier molecular flexibility index (Phi) is 3.05. The lowest BCUT2D eigenvalue weighted by molar-refractivity contribution is -0.149. The van der Waals surface area contributed by atoms with Gasteiger partial charge in [0.2, 0.25) is 11.6 Å². The number of ketones is 4. The third-order valence-electron chi connectivity index (χ3n) is 4.54. The summed E-state index contributed by atoms with van der Waals surface area (Å²) in [6.07, 6.45) is 0. The Bertz CT molecular complexity index is 937. The lowest BCUT2D eigenvalue weighted by Crippen LogP contribution is -2.51. The Balaban J connectivity index is 1.91. The van der Waals surface area contributed by atoms with Crippen molar-refractivity contribution < 1.29 is 28.7 Å². The van der Waals surface area contributed by atoms with Gasteiger partial charge in [0.05, 0.1) is 0 Å². The minimum absolute atomic E-state index is 0.0425. The summed E-state index contributed by atoms with van der Waals surface area (Å²) in [5.74, 6) is -6.78. The van der Waals surface area contributed by atoms with Crippen LogP contribution >= 0.6 is 0 Å². The smallest absolute Gasteiger partial charge is 0.377 e.